The third kappa shape index (κ3) is 7.17. The molecule has 1 heterocycles. The van der Waals surface area contributed by atoms with Gasteiger partial charge in [0.15, 0.2) is 0 Å². The van der Waals surface area contributed by atoms with E-state index in [1.54, 1.807) is 12.1 Å². The Kier molecular flexibility index (Phi) is 7.74. The highest BCUT2D eigenvalue weighted by atomic mass is 35.5. The van der Waals surface area contributed by atoms with Gasteiger partial charge in [-0.05, 0) is 48.5 Å². The normalized spacial score (nSPS) is 15.9. The lowest BCUT2D eigenvalue weighted by Crippen LogP contribution is -2.48. The molecule has 1 aliphatic rings. The number of nitrogens with two attached hydrogens (primary N) is 1. The van der Waals surface area contributed by atoms with E-state index >= 15 is 0 Å². The van der Waals surface area contributed by atoms with E-state index in [1.807, 2.05) is 24.3 Å². The van der Waals surface area contributed by atoms with Gasteiger partial charge in [0.2, 0.25) is 10.0 Å². The van der Waals surface area contributed by atoms with Crippen LogP contribution >= 0.6 is 11.6 Å². The largest absolute Gasteiger partial charge is 0.492 e. The molecule has 1 saturated heterocycles. The van der Waals surface area contributed by atoms with Crippen LogP contribution in [-0.2, 0) is 10.0 Å². The Labute approximate surface area is 177 Å². The fourth-order valence-electron chi connectivity index (χ4n) is 3.08. The van der Waals surface area contributed by atoms with Gasteiger partial charge in [-0.15, -0.1) is 0 Å². The molecule has 0 aromatic heterocycles. The van der Waals surface area contributed by atoms with Gasteiger partial charge >= 0.3 is 0 Å². The minimum absolute atomic E-state index is 0.0843. The molecule has 0 spiro atoms. The van der Waals surface area contributed by atoms with Crippen LogP contribution in [0.1, 0.15) is 0 Å². The summed E-state index contributed by atoms with van der Waals surface area (Å²) in [6, 6.07) is 13.6. The molecule has 0 bridgehead atoms. The van der Waals surface area contributed by atoms with E-state index in [0.29, 0.717) is 24.0 Å². The van der Waals surface area contributed by atoms with Gasteiger partial charge in [0.05, 0.1) is 4.90 Å². The van der Waals surface area contributed by atoms with Crippen LogP contribution in [0.25, 0.3) is 0 Å². The second-order valence-electron chi connectivity index (χ2n) is 6.85. The molecule has 0 amide bonds. The van der Waals surface area contributed by atoms with Crippen LogP contribution in [0.3, 0.4) is 0 Å². The molecule has 158 valence electrons. The lowest BCUT2D eigenvalue weighted by Gasteiger charge is -2.34. The molecule has 1 aliphatic heterocycles. The molecular weight excluding hydrogens is 414 g/mol. The fraction of sp³-hybridized carbons (Fsp3) is 0.400. The van der Waals surface area contributed by atoms with Crippen molar-refractivity contribution in [3.63, 3.8) is 0 Å². The monoisotopic (exact) mass is 439 g/mol. The fourth-order valence-corrected chi connectivity index (χ4v) is 3.72. The van der Waals surface area contributed by atoms with E-state index in [9.17, 15) is 8.42 Å². The van der Waals surface area contributed by atoms with E-state index in [2.05, 4.69) is 9.80 Å². The molecule has 29 heavy (non-hydrogen) atoms. The highest BCUT2D eigenvalue weighted by Crippen LogP contribution is 2.16. The Balaban J connectivity index is 1.30. The van der Waals surface area contributed by atoms with Gasteiger partial charge in [-0.3, -0.25) is 9.80 Å². The van der Waals surface area contributed by atoms with Gasteiger partial charge in [-0.2, -0.15) is 0 Å². The van der Waals surface area contributed by atoms with Crippen LogP contribution < -0.4 is 14.6 Å². The van der Waals surface area contributed by atoms with Gasteiger partial charge in [-0.1, -0.05) is 11.6 Å². The van der Waals surface area contributed by atoms with Crippen LogP contribution in [0.5, 0.6) is 11.5 Å². The number of primary sulfonamides is 1. The van der Waals surface area contributed by atoms with Gasteiger partial charge < -0.3 is 9.47 Å². The standard InChI is InChI=1S/C20H26ClN3O4S/c21-17-1-3-18(4-2-17)27-15-13-23-9-11-24(12-10-23)14-16-28-19-5-7-20(8-6-19)29(22,25)26/h1-8H,9-16H2,(H2,22,25,26). The van der Waals surface area contributed by atoms with E-state index in [4.69, 9.17) is 26.2 Å². The molecule has 3 rings (SSSR count). The summed E-state index contributed by atoms with van der Waals surface area (Å²) in [7, 11) is -3.67. The molecule has 7 nitrogen and oxygen atoms in total. The van der Waals surface area contributed by atoms with Gasteiger partial charge in [0.25, 0.3) is 0 Å². The summed E-state index contributed by atoms with van der Waals surface area (Å²) < 4.78 is 34.0. The second-order valence-corrected chi connectivity index (χ2v) is 8.85. The molecule has 0 saturated carbocycles. The Hall–Kier alpha value is -1.84. The molecule has 0 radical (unpaired) electrons. The Morgan fingerprint density at radius 2 is 1.21 bits per heavy atom. The Morgan fingerprint density at radius 1 is 0.793 bits per heavy atom. The maximum atomic E-state index is 11.3. The third-order valence-electron chi connectivity index (χ3n) is 4.78. The first-order chi connectivity index (χ1) is 13.9. The number of hydrogen-bond acceptors (Lipinski definition) is 6. The Morgan fingerprint density at radius 3 is 1.62 bits per heavy atom. The van der Waals surface area contributed by atoms with Crippen molar-refractivity contribution in [1.29, 1.82) is 0 Å². The van der Waals surface area contributed by atoms with E-state index in [-0.39, 0.29) is 4.90 Å². The quantitative estimate of drug-likeness (QED) is 0.643. The van der Waals surface area contributed by atoms with E-state index in [0.717, 1.165) is 45.0 Å². The predicted octanol–water partition coefficient (Wildman–Crippen LogP) is 2.06. The molecular formula is C20H26ClN3O4S. The van der Waals surface area contributed by atoms with Crippen molar-refractivity contribution in [2.45, 2.75) is 4.90 Å². The molecule has 2 N–H and O–H groups in total. The lowest BCUT2D eigenvalue weighted by atomic mass is 10.3. The third-order valence-corrected chi connectivity index (χ3v) is 5.96. The molecule has 2 aromatic rings. The summed E-state index contributed by atoms with van der Waals surface area (Å²) in [5.74, 6) is 1.47. The number of piperazine rings is 1. The molecule has 0 atom stereocenters. The maximum absolute atomic E-state index is 11.3. The van der Waals surface area contributed by atoms with Crippen molar-refractivity contribution in [1.82, 2.24) is 9.80 Å². The summed E-state index contributed by atoms with van der Waals surface area (Å²) >= 11 is 5.87. The van der Waals surface area contributed by atoms with Crippen molar-refractivity contribution >= 4 is 21.6 Å². The summed E-state index contributed by atoms with van der Waals surface area (Å²) in [5, 5.41) is 5.80. The minimum atomic E-state index is -3.67. The first-order valence-electron chi connectivity index (χ1n) is 9.49. The molecule has 1 fully saturated rings. The van der Waals surface area contributed by atoms with Crippen LogP contribution in [0, 0.1) is 0 Å². The SMILES string of the molecule is NS(=O)(=O)c1ccc(OCCN2CCN(CCOc3ccc(Cl)cc3)CC2)cc1. The van der Waals surface area contributed by atoms with Crippen molar-refractivity contribution in [2.75, 3.05) is 52.5 Å². The lowest BCUT2D eigenvalue weighted by molar-refractivity contribution is 0.105. The number of ether oxygens (including phenoxy) is 2. The van der Waals surface area contributed by atoms with Crippen molar-refractivity contribution < 1.29 is 17.9 Å². The highest BCUT2D eigenvalue weighted by Gasteiger charge is 2.16. The average molecular weight is 440 g/mol. The minimum Gasteiger partial charge on any atom is -0.492 e. The van der Waals surface area contributed by atoms with Crippen molar-refractivity contribution in [3.8, 4) is 11.5 Å². The first-order valence-corrected chi connectivity index (χ1v) is 11.4. The zero-order valence-electron chi connectivity index (χ0n) is 16.2. The first kappa shape index (κ1) is 21.9. The van der Waals surface area contributed by atoms with Crippen LogP contribution in [-0.4, -0.2) is 70.7 Å². The molecule has 9 heteroatoms. The Bertz CT molecular complexity index is 868. The van der Waals surface area contributed by atoms with Gasteiger partial charge in [0, 0.05) is 44.3 Å². The number of rotatable bonds is 9. The molecule has 0 aliphatic carbocycles. The summed E-state index contributed by atoms with van der Waals surface area (Å²) in [4.78, 5) is 4.83. The maximum Gasteiger partial charge on any atom is 0.238 e. The van der Waals surface area contributed by atoms with Gasteiger partial charge in [-0.25, -0.2) is 13.6 Å². The van der Waals surface area contributed by atoms with Crippen molar-refractivity contribution in [3.05, 3.63) is 53.6 Å². The topological polar surface area (TPSA) is 85.1 Å². The molecule has 0 unspecified atom stereocenters. The summed E-state index contributed by atoms with van der Waals surface area (Å²) in [6.45, 7) is 6.87. The van der Waals surface area contributed by atoms with Crippen LogP contribution in [0.15, 0.2) is 53.4 Å². The number of halogens is 1. The van der Waals surface area contributed by atoms with Crippen LogP contribution in [0.2, 0.25) is 5.02 Å². The van der Waals surface area contributed by atoms with Gasteiger partial charge in [0.1, 0.15) is 24.7 Å². The molecule has 2 aromatic carbocycles. The smallest absolute Gasteiger partial charge is 0.238 e. The van der Waals surface area contributed by atoms with Crippen LogP contribution in [0.4, 0.5) is 0 Å². The van der Waals surface area contributed by atoms with Crippen molar-refractivity contribution in [2.24, 2.45) is 5.14 Å². The number of nitrogens with zero attached hydrogens (tertiary/aromatic N) is 2. The summed E-state index contributed by atoms with van der Waals surface area (Å²) in [6.07, 6.45) is 0. The summed E-state index contributed by atoms with van der Waals surface area (Å²) in [5.41, 5.74) is 0. The highest BCUT2D eigenvalue weighted by molar-refractivity contribution is 7.89. The number of benzene rings is 2. The average Bonchev–Trinajstić information content (AvgIpc) is 2.70. The zero-order chi connectivity index (χ0) is 20.7. The zero-order valence-corrected chi connectivity index (χ0v) is 17.7. The number of sulfonamides is 1. The second kappa shape index (κ2) is 10.3. The van der Waals surface area contributed by atoms with E-state index < -0.39 is 10.0 Å². The predicted molar refractivity (Wildman–Crippen MR) is 113 cm³/mol. The number of hydrogen-bond donors (Lipinski definition) is 1. The van der Waals surface area contributed by atoms with E-state index in [1.165, 1.54) is 12.1 Å².